The van der Waals surface area contributed by atoms with Crippen molar-refractivity contribution in [3.8, 4) is 5.75 Å². The Labute approximate surface area is 122 Å². The van der Waals surface area contributed by atoms with Crippen LogP contribution in [0, 0.1) is 11.7 Å². The number of likely N-dealkylation sites (tertiary alicyclic amines) is 1. The predicted octanol–water partition coefficient (Wildman–Crippen LogP) is 1.92. The van der Waals surface area contributed by atoms with Crippen LogP contribution in [0.15, 0.2) is 24.3 Å². The van der Waals surface area contributed by atoms with E-state index in [-0.39, 0.29) is 24.1 Å². The van der Waals surface area contributed by atoms with Crippen LogP contribution in [0.5, 0.6) is 5.75 Å². The van der Waals surface area contributed by atoms with Crippen LogP contribution in [0.25, 0.3) is 0 Å². The summed E-state index contributed by atoms with van der Waals surface area (Å²) < 4.78 is 18.3. The Morgan fingerprint density at radius 2 is 2.10 bits per heavy atom. The van der Waals surface area contributed by atoms with E-state index in [4.69, 9.17) is 9.84 Å². The van der Waals surface area contributed by atoms with E-state index >= 15 is 0 Å². The Bertz CT molecular complexity index is 517. The molecule has 2 unspecified atom stereocenters. The Morgan fingerprint density at radius 1 is 1.43 bits per heavy atom. The van der Waals surface area contributed by atoms with Crippen molar-refractivity contribution < 1.29 is 23.8 Å². The maximum Gasteiger partial charge on any atom is 0.303 e. The van der Waals surface area contributed by atoms with Gasteiger partial charge in [0.2, 0.25) is 0 Å². The van der Waals surface area contributed by atoms with E-state index in [2.05, 4.69) is 0 Å². The van der Waals surface area contributed by atoms with E-state index in [1.54, 1.807) is 11.8 Å². The molecule has 1 aromatic carbocycles. The van der Waals surface area contributed by atoms with Gasteiger partial charge in [-0.15, -0.1) is 0 Å². The van der Waals surface area contributed by atoms with Crippen LogP contribution in [0.1, 0.15) is 19.8 Å². The average molecular weight is 295 g/mol. The van der Waals surface area contributed by atoms with Gasteiger partial charge in [-0.25, -0.2) is 4.39 Å². The summed E-state index contributed by atoms with van der Waals surface area (Å²) in [6.07, 6.45) is 0.0946. The van der Waals surface area contributed by atoms with Crippen molar-refractivity contribution in [2.75, 3.05) is 13.1 Å². The first-order valence-electron chi connectivity index (χ1n) is 6.88. The average Bonchev–Trinajstić information content (AvgIpc) is 2.88. The summed E-state index contributed by atoms with van der Waals surface area (Å²) in [4.78, 5) is 24.5. The quantitative estimate of drug-likeness (QED) is 0.901. The number of carboxylic acids is 1. The second-order valence-electron chi connectivity index (χ2n) is 5.25. The van der Waals surface area contributed by atoms with Crippen molar-refractivity contribution in [3.63, 3.8) is 0 Å². The molecule has 1 amide bonds. The van der Waals surface area contributed by atoms with Crippen molar-refractivity contribution in [2.24, 2.45) is 5.92 Å². The van der Waals surface area contributed by atoms with Gasteiger partial charge in [-0.1, -0.05) is 0 Å². The molecule has 1 heterocycles. The lowest BCUT2D eigenvalue weighted by atomic mass is 10.1. The number of ether oxygens (including phenoxy) is 1. The van der Waals surface area contributed by atoms with Gasteiger partial charge in [0.25, 0.3) is 5.91 Å². The van der Waals surface area contributed by atoms with Gasteiger partial charge in [-0.3, -0.25) is 9.59 Å². The third kappa shape index (κ3) is 4.18. The molecule has 0 spiro atoms. The zero-order chi connectivity index (χ0) is 15.4. The highest BCUT2D eigenvalue weighted by Crippen LogP contribution is 2.21. The van der Waals surface area contributed by atoms with Crippen molar-refractivity contribution in [3.05, 3.63) is 30.1 Å². The van der Waals surface area contributed by atoms with E-state index in [0.29, 0.717) is 25.3 Å². The molecule has 0 saturated carbocycles. The minimum absolute atomic E-state index is 0.00414. The van der Waals surface area contributed by atoms with Crippen LogP contribution in [-0.4, -0.2) is 41.1 Å². The number of carbonyl (C=O) groups is 2. The second kappa shape index (κ2) is 6.56. The molecule has 5 nitrogen and oxygen atoms in total. The van der Waals surface area contributed by atoms with Crippen LogP contribution >= 0.6 is 0 Å². The maximum atomic E-state index is 12.8. The van der Waals surface area contributed by atoms with Gasteiger partial charge in [0.15, 0.2) is 6.10 Å². The summed E-state index contributed by atoms with van der Waals surface area (Å²) in [7, 11) is 0. The zero-order valence-electron chi connectivity index (χ0n) is 11.8. The standard InChI is InChI=1S/C15H18FNO4/c1-10(21-13-4-2-12(16)3-5-13)15(20)17-7-6-11(9-17)8-14(18)19/h2-5,10-11H,6-9H2,1H3,(H,18,19). The first kappa shape index (κ1) is 15.3. The minimum atomic E-state index is -0.843. The number of halogens is 1. The number of rotatable bonds is 5. The molecule has 114 valence electrons. The van der Waals surface area contributed by atoms with E-state index in [9.17, 15) is 14.0 Å². The Morgan fingerprint density at radius 3 is 2.71 bits per heavy atom. The lowest BCUT2D eigenvalue weighted by Gasteiger charge is -2.21. The number of hydrogen-bond donors (Lipinski definition) is 1. The van der Waals surface area contributed by atoms with Gasteiger partial charge in [-0.2, -0.15) is 0 Å². The molecular formula is C15H18FNO4. The topological polar surface area (TPSA) is 66.8 Å². The lowest BCUT2D eigenvalue weighted by molar-refractivity contribution is -0.139. The Balaban J connectivity index is 1.88. The largest absolute Gasteiger partial charge is 0.481 e. The number of hydrogen-bond acceptors (Lipinski definition) is 3. The Hall–Kier alpha value is -2.11. The molecule has 0 aliphatic carbocycles. The van der Waals surface area contributed by atoms with Crippen LogP contribution in [-0.2, 0) is 9.59 Å². The molecule has 0 bridgehead atoms. The number of nitrogens with zero attached hydrogens (tertiary/aromatic N) is 1. The smallest absolute Gasteiger partial charge is 0.303 e. The third-order valence-electron chi connectivity index (χ3n) is 3.54. The molecule has 1 fully saturated rings. The Kier molecular flexibility index (Phi) is 4.77. The van der Waals surface area contributed by atoms with E-state index in [0.717, 1.165) is 0 Å². The molecule has 1 aromatic rings. The number of carbonyl (C=O) groups excluding carboxylic acids is 1. The fourth-order valence-electron chi connectivity index (χ4n) is 2.47. The van der Waals surface area contributed by atoms with E-state index in [1.165, 1.54) is 24.3 Å². The van der Waals surface area contributed by atoms with Gasteiger partial charge in [0, 0.05) is 19.5 Å². The van der Waals surface area contributed by atoms with E-state index < -0.39 is 12.1 Å². The number of aliphatic carboxylic acids is 1. The van der Waals surface area contributed by atoms with Gasteiger partial charge < -0.3 is 14.7 Å². The predicted molar refractivity (Wildman–Crippen MR) is 73.4 cm³/mol. The first-order valence-corrected chi connectivity index (χ1v) is 6.88. The van der Waals surface area contributed by atoms with Crippen molar-refractivity contribution in [2.45, 2.75) is 25.9 Å². The molecule has 2 atom stereocenters. The van der Waals surface area contributed by atoms with Gasteiger partial charge >= 0.3 is 5.97 Å². The maximum absolute atomic E-state index is 12.8. The molecule has 21 heavy (non-hydrogen) atoms. The molecular weight excluding hydrogens is 277 g/mol. The normalized spacial score (nSPS) is 19.3. The highest BCUT2D eigenvalue weighted by Gasteiger charge is 2.30. The fraction of sp³-hybridized carbons (Fsp3) is 0.467. The summed E-state index contributed by atoms with van der Waals surface area (Å²) in [5, 5.41) is 8.77. The third-order valence-corrected chi connectivity index (χ3v) is 3.54. The molecule has 0 radical (unpaired) electrons. The number of benzene rings is 1. The summed E-state index contributed by atoms with van der Waals surface area (Å²) >= 11 is 0. The summed E-state index contributed by atoms with van der Waals surface area (Å²) in [5.41, 5.74) is 0. The molecule has 2 rings (SSSR count). The van der Waals surface area contributed by atoms with E-state index in [1.807, 2.05) is 0 Å². The minimum Gasteiger partial charge on any atom is -0.481 e. The van der Waals surface area contributed by atoms with Crippen LogP contribution in [0.3, 0.4) is 0 Å². The van der Waals surface area contributed by atoms with Crippen LogP contribution < -0.4 is 4.74 Å². The zero-order valence-corrected chi connectivity index (χ0v) is 11.8. The molecule has 6 heteroatoms. The van der Waals surface area contributed by atoms with Crippen molar-refractivity contribution in [1.29, 1.82) is 0 Å². The molecule has 1 aliphatic heterocycles. The highest BCUT2D eigenvalue weighted by molar-refractivity contribution is 5.81. The van der Waals surface area contributed by atoms with Crippen molar-refractivity contribution >= 4 is 11.9 Å². The summed E-state index contributed by atoms with van der Waals surface area (Å²) in [6.45, 7) is 2.63. The summed E-state index contributed by atoms with van der Waals surface area (Å²) in [6, 6.07) is 5.48. The fourth-order valence-corrected chi connectivity index (χ4v) is 2.47. The van der Waals surface area contributed by atoms with Gasteiger partial charge in [0.1, 0.15) is 11.6 Å². The molecule has 1 saturated heterocycles. The second-order valence-corrected chi connectivity index (χ2v) is 5.25. The molecule has 1 N–H and O–H groups in total. The number of carboxylic acid groups (broad SMARTS) is 1. The van der Waals surface area contributed by atoms with Crippen molar-refractivity contribution in [1.82, 2.24) is 4.90 Å². The van der Waals surface area contributed by atoms with Gasteiger partial charge in [0.05, 0.1) is 0 Å². The first-order chi connectivity index (χ1) is 9.95. The van der Waals surface area contributed by atoms with Crippen LogP contribution in [0.2, 0.25) is 0 Å². The number of amides is 1. The SMILES string of the molecule is CC(Oc1ccc(F)cc1)C(=O)N1CCC(CC(=O)O)C1. The lowest BCUT2D eigenvalue weighted by Crippen LogP contribution is -2.39. The summed E-state index contributed by atoms with van der Waals surface area (Å²) in [5.74, 6) is -0.947. The van der Waals surface area contributed by atoms with Gasteiger partial charge in [-0.05, 0) is 43.5 Å². The molecule has 1 aliphatic rings. The monoisotopic (exact) mass is 295 g/mol. The molecule has 0 aromatic heterocycles. The van der Waals surface area contributed by atoms with Crippen LogP contribution in [0.4, 0.5) is 4.39 Å². The highest BCUT2D eigenvalue weighted by atomic mass is 19.1.